The Hall–Kier alpha value is -8.29. The number of nitrogens with two attached hydrogens (primary N) is 1. The zero-order valence-corrected chi connectivity index (χ0v) is 39.5. The summed E-state index contributed by atoms with van der Waals surface area (Å²) in [6.07, 6.45) is 14.4. The molecule has 6 aromatic carbocycles. The summed E-state index contributed by atoms with van der Waals surface area (Å²) in [7, 11) is 0. The van der Waals surface area contributed by atoms with Gasteiger partial charge in [-0.1, -0.05) is 49.4 Å². The van der Waals surface area contributed by atoms with Crippen LogP contribution in [0.25, 0.3) is 94.0 Å². The molecule has 68 heavy (non-hydrogen) atoms. The van der Waals surface area contributed by atoms with Crippen molar-refractivity contribution in [1.29, 1.82) is 0 Å². The number of aromatic nitrogens is 5. The van der Waals surface area contributed by atoms with Crippen molar-refractivity contribution >= 4 is 83.3 Å². The van der Waals surface area contributed by atoms with E-state index in [0.29, 0.717) is 5.69 Å². The summed E-state index contributed by atoms with van der Waals surface area (Å²) in [5.41, 5.74) is 30.2. The van der Waals surface area contributed by atoms with Crippen LogP contribution in [0.15, 0.2) is 152 Å². The molecule has 0 saturated heterocycles. The molecule has 0 spiro atoms. The van der Waals surface area contributed by atoms with Crippen LogP contribution in [-0.4, -0.2) is 24.9 Å². The first-order valence-electron chi connectivity index (χ1n) is 23.3. The number of fused-ring (bicyclic) bond motifs is 7. The molecule has 0 amide bonds. The molecule has 0 aliphatic heterocycles. The molecule has 2 N–H and O–H groups in total. The number of hydrogen-bond donors (Lipinski definition) is 1. The van der Waals surface area contributed by atoms with Gasteiger partial charge in [0.25, 0.3) is 0 Å². The molecule has 0 bridgehead atoms. The van der Waals surface area contributed by atoms with Crippen molar-refractivity contribution in [2.75, 3.05) is 10.6 Å². The highest BCUT2D eigenvalue weighted by molar-refractivity contribution is 6.12. The highest BCUT2D eigenvalue weighted by Gasteiger charge is 2.25. The molecular formula is C61H51N7. The lowest BCUT2D eigenvalue weighted by molar-refractivity contribution is 1.18. The summed E-state index contributed by atoms with van der Waals surface area (Å²) in [5, 5.41) is 5.32. The summed E-state index contributed by atoms with van der Waals surface area (Å²) >= 11 is 0. The van der Waals surface area contributed by atoms with Crippen LogP contribution in [0.5, 0.6) is 0 Å². The first-order chi connectivity index (χ1) is 33.1. The fourth-order valence-electron chi connectivity index (χ4n) is 10.3. The Bertz CT molecular complexity index is 3710. The fraction of sp³-hybridized carbons (Fsp3) is 0.131. The molecule has 5 aromatic heterocycles. The predicted octanol–water partition coefficient (Wildman–Crippen LogP) is 15.8. The number of anilines is 4. The van der Waals surface area contributed by atoms with E-state index in [4.69, 9.17) is 25.7 Å². The van der Waals surface area contributed by atoms with E-state index in [1.807, 2.05) is 61.3 Å². The van der Waals surface area contributed by atoms with Crippen molar-refractivity contribution in [2.24, 2.45) is 0 Å². The van der Waals surface area contributed by atoms with Crippen LogP contribution >= 0.6 is 0 Å². The van der Waals surface area contributed by atoms with Gasteiger partial charge in [0, 0.05) is 80.5 Å². The van der Waals surface area contributed by atoms with Crippen LogP contribution in [0, 0.1) is 41.5 Å². The lowest BCUT2D eigenvalue weighted by atomic mass is 9.89. The van der Waals surface area contributed by atoms with Gasteiger partial charge in [0.2, 0.25) is 0 Å². The third-order valence-electron chi connectivity index (χ3n) is 13.6. The Morgan fingerprint density at radius 3 is 1.22 bits per heavy atom. The molecule has 0 aliphatic rings. The van der Waals surface area contributed by atoms with Crippen LogP contribution in [0.2, 0.25) is 0 Å². The van der Waals surface area contributed by atoms with Gasteiger partial charge < -0.3 is 10.6 Å². The molecule has 5 heterocycles. The van der Waals surface area contributed by atoms with Gasteiger partial charge in [0.05, 0.1) is 33.3 Å². The highest BCUT2D eigenvalue weighted by Crippen LogP contribution is 2.47. The Morgan fingerprint density at radius 1 is 0.412 bits per heavy atom. The highest BCUT2D eigenvalue weighted by atomic mass is 15.1. The van der Waals surface area contributed by atoms with Crippen LogP contribution in [0.3, 0.4) is 0 Å². The molecule has 0 unspecified atom stereocenters. The number of nitrogens with zero attached hydrogens (tertiary/aromatic N) is 6. The number of pyridine rings is 5. The van der Waals surface area contributed by atoms with E-state index >= 15 is 0 Å². The lowest BCUT2D eigenvalue weighted by Gasteiger charge is -2.32. The summed E-state index contributed by atoms with van der Waals surface area (Å²) in [6.45, 7) is 15.5. The SMILES string of the molecule is CC/C=C\c1c(-c2cc(C)c(N(c3cc(C)c(-c4cc5cccnc5c5ncccc45)cc3C)c3cc(C)c(-c4cc5cccnc5c5ncccc45)cc3C)cc2C)cc2cccnc2c1N. The molecule has 7 heteroatoms. The number of hydrogen-bond acceptors (Lipinski definition) is 7. The average molecular weight is 882 g/mol. The second kappa shape index (κ2) is 16.9. The maximum Gasteiger partial charge on any atom is 0.0970 e. The molecule has 0 radical (unpaired) electrons. The van der Waals surface area contributed by atoms with Crippen LogP contribution in [-0.2, 0) is 0 Å². The first kappa shape index (κ1) is 42.4. The smallest absolute Gasteiger partial charge is 0.0970 e. The van der Waals surface area contributed by atoms with Gasteiger partial charge in [0.15, 0.2) is 0 Å². The topological polar surface area (TPSA) is 93.7 Å². The van der Waals surface area contributed by atoms with Gasteiger partial charge in [-0.2, -0.15) is 0 Å². The zero-order chi connectivity index (χ0) is 46.8. The summed E-state index contributed by atoms with van der Waals surface area (Å²) < 4.78 is 0. The lowest BCUT2D eigenvalue weighted by Crippen LogP contribution is -2.15. The maximum absolute atomic E-state index is 6.97. The summed E-state index contributed by atoms with van der Waals surface area (Å²) in [4.78, 5) is 26.4. The number of aryl methyl sites for hydroxylation is 6. The van der Waals surface area contributed by atoms with Crippen molar-refractivity contribution in [1.82, 2.24) is 24.9 Å². The minimum atomic E-state index is 0.695. The number of allylic oxidation sites excluding steroid dienone is 1. The monoisotopic (exact) mass is 881 g/mol. The Kier molecular flexibility index (Phi) is 10.5. The minimum Gasteiger partial charge on any atom is -0.396 e. The molecule has 11 aromatic rings. The van der Waals surface area contributed by atoms with E-state index in [1.54, 1.807) is 0 Å². The molecule has 7 nitrogen and oxygen atoms in total. The van der Waals surface area contributed by atoms with Crippen molar-refractivity contribution in [3.05, 3.63) is 191 Å². The van der Waals surface area contributed by atoms with Gasteiger partial charge in [-0.15, -0.1) is 0 Å². The molecule has 0 fully saturated rings. The zero-order valence-electron chi connectivity index (χ0n) is 39.5. The number of benzene rings is 6. The van der Waals surface area contributed by atoms with Gasteiger partial charge in [-0.3, -0.25) is 24.9 Å². The third-order valence-corrected chi connectivity index (χ3v) is 13.6. The van der Waals surface area contributed by atoms with E-state index in [2.05, 4.69) is 155 Å². The summed E-state index contributed by atoms with van der Waals surface area (Å²) in [5.74, 6) is 0. The molecular weight excluding hydrogens is 831 g/mol. The van der Waals surface area contributed by atoms with Crippen molar-refractivity contribution in [3.63, 3.8) is 0 Å². The molecule has 0 saturated carbocycles. The van der Waals surface area contributed by atoms with Crippen LogP contribution < -0.4 is 10.6 Å². The standard InChI is InChI=1S/C61H51N7/c1-8-9-18-44-50(32-41-15-10-21-63-57(41)56(44)62)47-26-38(5)53(29-35(47)2)68(54-30-36(3)48(27-39(54)6)51-33-42-16-11-22-64-58(42)60-45(51)19-13-24-66-60)55-31-37(4)49(28-40(55)7)52-34-43-17-12-23-65-59(43)61-46(52)20-14-25-67-61/h9-34H,8,62H2,1-7H3/b18-9-. The molecule has 0 atom stereocenters. The minimum absolute atomic E-state index is 0.695. The van der Waals surface area contributed by atoms with Gasteiger partial charge >= 0.3 is 0 Å². The van der Waals surface area contributed by atoms with E-state index in [-0.39, 0.29) is 0 Å². The Labute approximate surface area is 396 Å². The van der Waals surface area contributed by atoms with E-state index < -0.39 is 0 Å². The van der Waals surface area contributed by atoms with Gasteiger partial charge in [-0.05, 0) is 200 Å². The second-order valence-corrected chi connectivity index (χ2v) is 18.1. The fourth-order valence-corrected chi connectivity index (χ4v) is 10.3. The normalized spacial score (nSPS) is 11.8. The van der Waals surface area contributed by atoms with Crippen molar-refractivity contribution < 1.29 is 0 Å². The second-order valence-electron chi connectivity index (χ2n) is 18.1. The summed E-state index contributed by atoms with van der Waals surface area (Å²) in [6, 6.07) is 41.6. The van der Waals surface area contributed by atoms with E-state index in [1.165, 1.54) is 11.1 Å². The Balaban J connectivity index is 1.13. The van der Waals surface area contributed by atoms with Gasteiger partial charge in [0.1, 0.15) is 0 Å². The molecule has 330 valence electrons. The molecule has 11 rings (SSSR count). The van der Waals surface area contributed by atoms with Gasteiger partial charge in [-0.25, -0.2) is 0 Å². The van der Waals surface area contributed by atoms with E-state index in [0.717, 1.165) is 139 Å². The number of nitrogen functional groups attached to an aromatic ring is 1. The Morgan fingerprint density at radius 2 is 0.779 bits per heavy atom. The van der Waals surface area contributed by atoms with Crippen LogP contribution in [0.1, 0.15) is 52.3 Å². The van der Waals surface area contributed by atoms with Crippen molar-refractivity contribution in [2.45, 2.75) is 54.9 Å². The largest absolute Gasteiger partial charge is 0.396 e. The predicted molar refractivity (Wildman–Crippen MR) is 286 cm³/mol. The quantitative estimate of drug-likeness (QED) is 0.120. The van der Waals surface area contributed by atoms with Crippen LogP contribution in [0.4, 0.5) is 22.7 Å². The van der Waals surface area contributed by atoms with E-state index in [9.17, 15) is 0 Å². The first-order valence-corrected chi connectivity index (χ1v) is 23.3. The molecule has 0 aliphatic carbocycles. The number of rotatable bonds is 8. The van der Waals surface area contributed by atoms with Crippen molar-refractivity contribution in [3.8, 4) is 33.4 Å². The third kappa shape index (κ3) is 7.01. The average Bonchev–Trinajstić information content (AvgIpc) is 3.36. The maximum atomic E-state index is 6.97.